The Morgan fingerprint density at radius 1 is 0.957 bits per heavy atom. The smallest absolute Gasteiger partial charge is 0.243 e. The monoisotopic (exact) mass is 349 g/mol. The highest BCUT2D eigenvalue weighted by Gasteiger charge is 2.26. The van der Waals surface area contributed by atoms with Gasteiger partial charge in [0.25, 0.3) is 0 Å². The van der Waals surface area contributed by atoms with Gasteiger partial charge in [0.1, 0.15) is 16.5 Å². The molecule has 4 nitrogen and oxygen atoms in total. The van der Waals surface area contributed by atoms with Gasteiger partial charge in [-0.05, 0) is 32.3 Å². The summed E-state index contributed by atoms with van der Waals surface area (Å²) < 4.78 is 52.5. The van der Waals surface area contributed by atoms with E-state index in [1.54, 1.807) is 20.8 Å². The van der Waals surface area contributed by atoms with Crippen molar-refractivity contribution >= 4 is 16.3 Å². The van der Waals surface area contributed by atoms with Crippen molar-refractivity contribution in [2.24, 2.45) is 5.41 Å². The van der Waals surface area contributed by atoms with Gasteiger partial charge in [-0.2, -0.15) is 0 Å². The second-order valence-corrected chi connectivity index (χ2v) is 9.43. The van der Waals surface area contributed by atoms with Crippen LogP contribution in [0.4, 0.5) is 8.78 Å². The molecule has 0 fully saturated rings. The third-order valence-corrected chi connectivity index (χ3v) is 3.68. The Balaban J connectivity index is 0.000000841. The van der Waals surface area contributed by atoms with Crippen LogP contribution in [0.1, 0.15) is 58.8 Å². The molecule has 0 aliphatic rings. The molecule has 0 saturated carbocycles. The third kappa shape index (κ3) is 8.76. The molecule has 1 aromatic carbocycles. The first-order valence-electron chi connectivity index (χ1n) is 7.05. The van der Waals surface area contributed by atoms with Crippen molar-refractivity contribution in [3.63, 3.8) is 0 Å². The molecule has 0 bridgehead atoms. The molecule has 0 saturated heterocycles. The minimum atomic E-state index is -4.15. The molecule has 0 aliphatic carbocycles. The largest absolute Gasteiger partial charge is 0.298 e. The van der Waals surface area contributed by atoms with Gasteiger partial charge in [-0.3, -0.25) is 4.79 Å². The standard InChI is InChI=1S/C11H13F2NO3S.C5H12/c1-11(2,3)14-18(16,17)10-4-7(6-15)8(12)5-9(10)13;1-5(2,3)4/h4-6,14H,1-3H3;1-4H3. The average Bonchev–Trinajstić information content (AvgIpc) is 2.22. The van der Waals surface area contributed by atoms with E-state index in [0.29, 0.717) is 17.5 Å². The van der Waals surface area contributed by atoms with E-state index in [-0.39, 0.29) is 6.29 Å². The zero-order valence-electron chi connectivity index (χ0n) is 14.6. The van der Waals surface area contributed by atoms with E-state index in [1.165, 1.54) is 0 Å². The molecule has 1 aromatic rings. The molecule has 0 spiro atoms. The predicted molar refractivity (Wildman–Crippen MR) is 86.9 cm³/mol. The first kappa shape index (κ1) is 21.7. The number of carbonyl (C=O) groups excluding carboxylic acids is 1. The topological polar surface area (TPSA) is 63.2 Å². The Bertz CT molecular complexity index is 651. The Kier molecular flexibility index (Phi) is 7.05. The highest BCUT2D eigenvalue weighted by molar-refractivity contribution is 7.89. The number of benzene rings is 1. The summed E-state index contributed by atoms with van der Waals surface area (Å²) in [5, 5.41) is 0. The summed E-state index contributed by atoms with van der Waals surface area (Å²) in [6, 6.07) is 1.05. The molecule has 0 atom stereocenters. The fourth-order valence-corrected chi connectivity index (χ4v) is 2.81. The summed E-state index contributed by atoms with van der Waals surface area (Å²) in [6.07, 6.45) is 0.130. The Labute approximate surface area is 137 Å². The SMILES string of the molecule is CC(C)(C)C.CC(C)(C)NS(=O)(=O)c1cc(C=O)c(F)cc1F. The van der Waals surface area contributed by atoms with E-state index >= 15 is 0 Å². The van der Waals surface area contributed by atoms with Gasteiger partial charge < -0.3 is 0 Å². The molecule has 23 heavy (non-hydrogen) atoms. The first-order chi connectivity index (χ1) is 10.1. The molecule has 7 heteroatoms. The minimum Gasteiger partial charge on any atom is -0.298 e. The number of sulfonamides is 1. The van der Waals surface area contributed by atoms with E-state index in [1.807, 2.05) is 0 Å². The van der Waals surface area contributed by atoms with Crippen molar-refractivity contribution < 1.29 is 22.0 Å². The number of rotatable bonds is 3. The van der Waals surface area contributed by atoms with Crippen LogP contribution in [0, 0.1) is 17.0 Å². The molecule has 0 heterocycles. The molecular formula is C16H25F2NO3S. The van der Waals surface area contributed by atoms with Crippen LogP contribution in [0.15, 0.2) is 17.0 Å². The fourth-order valence-electron chi connectivity index (χ4n) is 1.30. The van der Waals surface area contributed by atoms with Crippen LogP contribution >= 0.6 is 0 Å². The van der Waals surface area contributed by atoms with Crippen LogP contribution in [-0.2, 0) is 10.0 Å². The van der Waals surface area contributed by atoms with Crippen molar-refractivity contribution in [2.75, 3.05) is 0 Å². The molecule has 0 amide bonds. The van der Waals surface area contributed by atoms with Crippen LogP contribution in [-0.4, -0.2) is 20.2 Å². The number of halogens is 2. The fraction of sp³-hybridized carbons (Fsp3) is 0.562. The molecule has 1 rings (SSSR count). The van der Waals surface area contributed by atoms with Crippen LogP contribution < -0.4 is 4.72 Å². The van der Waals surface area contributed by atoms with Gasteiger partial charge in [-0.1, -0.05) is 27.7 Å². The lowest BCUT2D eigenvalue weighted by molar-refractivity contribution is 0.111. The van der Waals surface area contributed by atoms with Gasteiger partial charge >= 0.3 is 0 Å². The number of nitrogens with one attached hydrogen (secondary N) is 1. The predicted octanol–water partition coefficient (Wildman–Crippen LogP) is 3.91. The lowest BCUT2D eigenvalue weighted by Gasteiger charge is -2.20. The molecule has 0 aromatic heterocycles. The summed E-state index contributed by atoms with van der Waals surface area (Å²) >= 11 is 0. The lowest BCUT2D eigenvalue weighted by Crippen LogP contribution is -2.40. The number of hydrogen-bond acceptors (Lipinski definition) is 3. The van der Waals surface area contributed by atoms with E-state index in [9.17, 15) is 22.0 Å². The first-order valence-corrected chi connectivity index (χ1v) is 8.53. The number of aldehydes is 1. The summed E-state index contributed by atoms with van der Waals surface area (Å²) in [6.45, 7) is 13.5. The van der Waals surface area contributed by atoms with Crippen LogP contribution in [0.5, 0.6) is 0 Å². The molecule has 0 radical (unpaired) electrons. The van der Waals surface area contributed by atoms with Crippen molar-refractivity contribution in [1.82, 2.24) is 4.72 Å². The minimum absolute atomic E-state index is 0.130. The third-order valence-electron chi connectivity index (χ3n) is 1.91. The van der Waals surface area contributed by atoms with Gasteiger partial charge in [0.15, 0.2) is 6.29 Å². The summed E-state index contributed by atoms with van der Waals surface area (Å²) in [5.74, 6) is -2.34. The van der Waals surface area contributed by atoms with Gasteiger partial charge in [0, 0.05) is 11.6 Å². The number of carbonyl (C=O) groups is 1. The van der Waals surface area contributed by atoms with Gasteiger partial charge in [0.2, 0.25) is 10.0 Å². The van der Waals surface area contributed by atoms with Crippen molar-refractivity contribution in [3.05, 3.63) is 29.3 Å². The maximum absolute atomic E-state index is 13.5. The number of hydrogen-bond donors (Lipinski definition) is 1. The average molecular weight is 349 g/mol. The van der Waals surface area contributed by atoms with E-state index < -0.39 is 37.7 Å². The molecule has 132 valence electrons. The normalized spacial score (nSPS) is 12.4. The maximum Gasteiger partial charge on any atom is 0.243 e. The summed E-state index contributed by atoms with van der Waals surface area (Å²) in [4.78, 5) is 9.78. The van der Waals surface area contributed by atoms with Crippen molar-refractivity contribution in [3.8, 4) is 0 Å². The van der Waals surface area contributed by atoms with Gasteiger partial charge in [0.05, 0.1) is 5.56 Å². The van der Waals surface area contributed by atoms with Crippen LogP contribution in [0.25, 0.3) is 0 Å². The second kappa shape index (κ2) is 7.49. The van der Waals surface area contributed by atoms with Crippen molar-refractivity contribution in [2.45, 2.75) is 58.9 Å². The summed E-state index contributed by atoms with van der Waals surface area (Å²) in [7, 11) is -4.15. The van der Waals surface area contributed by atoms with E-state index in [0.717, 1.165) is 0 Å². The van der Waals surface area contributed by atoms with Crippen LogP contribution in [0.2, 0.25) is 0 Å². The Morgan fingerprint density at radius 3 is 1.74 bits per heavy atom. The molecule has 0 aliphatic heterocycles. The highest BCUT2D eigenvalue weighted by Crippen LogP contribution is 2.20. The van der Waals surface area contributed by atoms with Crippen LogP contribution in [0.3, 0.4) is 0 Å². The molecular weight excluding hydrogens is 324 g/mol. The second-order valence-electron chi connectivity index (χ2n) is 7.78. The molecule has 0 unspecified atom stereocenters. The maximum atomic E-state index is 13.5. The van der Waals surface area contributed by atoms with E-state index in [2.05, 4.69) is 32.4 Å². The zero-order valence-corrected chi connectivity index (χ0v) is 15.4. The Morgan fingerprint density at radius 2 is 1.39 bits per heavy atom. The zero-order chi connectivity index (χ0) is 18.6. The van der Waals surface area contributed by atoms with Gasteiger partial charge in [-0.25, -0.2) is 21.9 Å². The summed E-state index contributed by atoms with van der Waals surface area (Å²) in [5.41, 5.74) is -0.827. The van der Waals surface area contributed by atoms with Crippen molar-refractivity contribution in [1.29, 1.82) is 0 Å². The Hall–Kier alpha value is -1.34. The quantitative estimate of drug-likeness (QED) is 0.842. The van der Waals surface area contributed by atoms with E-state index in [4.69, 9.17) is 0 Å². The lowest BCUT2D eigenvalue weighted by atomic mass is 10.0. The molecule has 1 N–H and O–H groups in total. The van der Waals surface area contributed by atoms with Gasteiger partial charge in [-0.15, -0.1) is 0 Å². The highest BCUT2D eigenvalue weighted by atomic mass is 32.2.